The van der Waals surface area contributed by atoms with Crippen LogP contribution in [0.5, 0.6) is 5.75 Å². The highest BCUT2D eigenvalue weighted by Crippen LogP contribution is 2.31. The fourth-order valence-electron chi connectivity index (χ4n) is 3.14. The van der Waals surface area contributed by atoms with Gasteiger partial charge in [-0.2, -0.15) is 5.10 Å². The van der Waals surface area contributed by atoms with Crippen molar-refractivity contribution in [2.75, 3.05) is 6.61 Å². The topological polar surface area (TPSA) is 90.4 Å². The molecule has 1 atom stereocenters. The van der Waals surface area contributed by atoms with Crippen LogP contribution in [0.4, 0.5) is 0 Å². The molecule has 7 heteroatoms. The first-order valence-corrected chi connectivity index (χ1v) is 8.96. The van der Waals surface area contributed by atoms with Crippen molar-refractivity contribution in [3.63, 3.8) is 0 Å². The van der Waals surface area contributed by atoms with Crippen molar-refractivity contribution < 1.29 is 4.74 Å². The molecule has 0 fully saturated rings. The van der Waals surface area contributed by atoms with Crippen LogP contribution in [0.3, 0.4) is 0 Å². The molecule has 3 N–H and O–H groups in total. The molecule has 1 aromatic heterocycles. The maximum absolute atomic E-state index is 6.11. The molecule has 0 spiro atoms. The van der Waals surface area contributed by atoms with Crippen molar-refractivity contribution in [2.24, 2.45) is 10.7 Å². The number of nitrogens with zero attached hydrogens (tertiary/aromatic N) is 4. The number of hydrogen-bond acceptors (Lipinski definition) is 4. The van der Waals surface area contributed by atoms with Crippen LogP contribution in [0, 0.1) is 0 Å². The molecule has 7 nitrogen and oxygen atoms in total. The van der Waals surface area contributed by atoms with Crippen LogP contribution in [0.1, 0.15) is 29.2 Å². The van der Waals surface area contributed by atoms with Gasteiger partial charge in [0.15, 0.2) is 5.96 Å². The first-order chi connectivity index (χ1) is 13.3. The first kappa shape index (κ1) is 17.1. The van der Waals surface area contributed by atoms with Crippen LogP contribution in [0.25, 0.3) is 0 Å². The number of para-hydroxylation sites is 1. The van der Waals surface area contributed by atoms with Gasteiger partial charge in [-0.25, -0.2) is 14.7 Å². The quantitative estimate of drug-likeness (QED) is 0.537. The molecule has 0 radical (unpaired) electrons. The van der Waals surface area contributed by atoms with Crippen molar-refractivity contribution >= 4 is 5.96 Å². The number of nitrogens with one attached hydrogen (secondary N) is 1. The van der Waals surface area contributed by atoms with Gasteiger partial charge in [-0.05, 0) is 17.2 Å². The summed E-state index contributed by atoms with van der Waals surface area (Å²) < 4.78 is 7.47. The Morgan fingerprint density at radius 2 is 2.00 bits per heavy atom. The van der Waals surface area contributed by atoms with Gasteiger partial charge >= 0.3 is 0 Å². The molecule has 0 saturated carbocycles. The second-order valence-electron chi connectivity index (χ2n) is 6.48. The largest absolute Gasteiger partial charge is 0.493 e. The number of aromatic nitrogens is 3. The molecule has 3 aromatic rings. The van der Waals surface area contributed by atoms with E-state index in [1.165, 1.54) is 6.33 Å². The average molecular weight is 362 g/mol. The lowest BCUT2D eigenvalue weighted by molar-refractivity contribution is 0.262. The summed E-state index contributed by atoms with van der Waals surface area (Å²) in [4.78, 5) is 8.43. The summed E-state index contributed by atoms with van der Waals surface area (Å²) in [6, 6.07) is 16.4. The van der Waals surface area contributed by atoms with Gasteiger partial charge in [-0.3, -0.25) is 0 Å². The summed E-state index contributed by atoms with van der Waals surface area (Å²) in [7, 11) is 0. The number of fused-ring (bicyclic) bond motifs is 1. The monoisotopic (exact) mass is 362 g/mol. The highest BCUT2D eigenvalue weighted by molar-refractivity contribution is 5.78. The minimum Gasteiger partial charge on any atom is -0.493 e. The lowest BCUT2D eigenvalue weighted by Crippen LogP contribution is -2.37. The van der Waals surface area contributed by atoms with Crippen molar-refractivity contribution in [1.29, 1.82) is 0 Å². The van der Waals surface area contributed by atoms with E-state index in [1.807, 2.05) is 18.2 Å². The lowest BCUT2D eigenvalue weighted by Gasteiger charge is -2.26. The molecule has 0 amide bonds. The molecule has 2 heterocycles. The molecule has 138 valence electrons. The Balaban J connectivity index is 1.35. The highest BCUT2D eigenvalue weighted by atomic mass is 16.5. The van der Waals surface area contributed by atoms with Crippen LogP contribution in [-0.2, 0) is 13.1 Å². The molecule has 1 unspecified atom stereocenters. The molecule has 0 bridgehead atoms. The Bertz CT molecular complexity index is 904. The summed E-state index contributed by atoms with van der Waals surface area (Å²) in [5.41, 5.74) is 9.50. The molecule has 4 rings (SSSR count). The molecule has 1 aliphatic rings. The van der Waals surface area contributed by atoms with Gasteiger partial charge < -0.3 is 15.8 Å². The average Bonchev–Trinajstić information content (AvgIpc) is 3.21. The summed E-state index contributed by atoms with van der Waals surface area (Å²) in [5.74, 6) is 1.36. The summed E-state index contributed by atoms with van der Waals surface area (Å²) in [6.07, 6.45) is 4.11. The molecule has 1 aliphatic heterocycles. The minimum absolute atomic E-state index is 0.128. The van der Waals surface area contributed by atoms with E-state index >= 15 is 0 Å². The summed E-state index contributed by atoms with van der Waals surface area (Å²) in [5, 5.41) is 7.43. The standard InChI is InChI=1S/C20H22N6O/c21-20(25-18-9-10-27-19-4-2-1-3-17(18)19)23-11-15-5-7-16(8-6-15)12-26-14-22-13-24-26/h1-8,13-14,18H,9-12H2,(H3,21,23,25). The number of ether oxygens (including phenoxy) is 1. The number of hydrogen-bond donors (Lipinski definition) is 2. The zero-order valence-electron chi connectivity index (χ0n) is 15.0. The number of guanidine groups is 1. The summed E-state index contributed by atoms with van der Waals surface area (Å²) >= 11 is 0. The van der Waals surface area contributed by atoms with Crippen molar-refractivity contribution in [3.05, 3.63) is 77.9 Å². The minimum atomic E-state index is 0.128. The maximum Gasteiger partial charge on any atom is 0.189 e. The van der Waals surface area contributed by atoms with Crippen molar-refractivity contribution in [2.45, 2.75) is 25.6 Å². The first-order valence-electron chi connectivity index (χ1n) is 8.96. The number of nitrogens with two attached hydrogens (primary N) is 1. The van der Waals surface area contributed by atoms with Gasteiger partial charge in [0.2, 0.25) is 0 Å². The number of benzene rings is 2. The normalized spacial score (nSPS) is 16.4. The second-order valence-corrected chi connectivity index (χ2v) is 6.48. The van der Waals surface area contributed by atoms with E-state index in [4.69, 9.17) is 10.5 Å². The van der Waals surface area contributed by atoms with Crippen LogP contribution in [0.15, 0.2) is 66.2 Å². The molecule has 0 aliphatic carbocycles. The van der Waals surface area contributed by atoms with Crippen molar-refractivity contribution in [1.82, 2.24) is 20.1 Å². The lowest BCUT2D eigenvalue weighted by atomic mass is 10.0. The number of aliphatic imine (C=N–C) groups is 1. The van der Waals surface area contributed by atoms with E-state index < -0.39 is 0 Å². The smallest absolute Gasteiger partial charge is 0.189 e. The van der Waals surface area contributed by atoms with E-state index in [0.29, 0.717) is 25.7 Å². The fourth-order valence-corrected chi connectivity index (χ4v) is 3.14. The van der Waals surface area contributed by atoms with E-state index in [1.54, 1.807) is 11.0 Å². The van der Waals surface area contributed by atoms with E-state index in [0.717, 1.165) is 28.9 Å². The van der Waals surface area contributed by atoms with E-state index in [-0.39, 0.29) is 6.04 Å². The summed E-state index contributed by atoms with van der Waals surface area (Å²) in [6.45, 7) is 1.92. The zero-order chi connectivity index (χ0) is 18.5. The predicted octanol–water partition coefficient (Wildman–Crippen LogP) is 2.25. The van der Waals surface area contributed by atoms with Gasteiger partial charge in [0, 0.05) is 12.0 Å². The van der Waals surface area contributed by atoms with Gasteiger partial charge in [-0.1, -0.05) is 42.5 Å². The predicted molar refractivity (Wildman–Crippen MR) is 103 cm³/mol. The van der Waals surface area contributed by atoms with Gasteiger partial charge in [0.05, 0.1) is 25.7 Å². The molecular formula is C20H22N6O. The molecule has 0 saturated heterocycles. The van der Waals surface area contributed by atoms with Crippen molar-refractivity contribution in [3.8, 4) is 5.75 Å². The van der Waals surface area contributed by atoms with Gasteiger partial charge in [0.1, 0.15) is 18.4 Å². The molecule has 2 aromatic carbocycles. The van der Waals surface area contributed by atoms with E-state index in [2.05, 4.69) is 50.7 Å². The Hall–Kier alpha value is -3.35. The van der Waals surface area contributed by atoms with Gasteiger partial charge in [0.25, 0.3) is 0 Å². The van der Waals surface area contributed by atoms with Gasteiger partial charge in [-0.15, -0.1) is 0 Å². The number of rotatable bonds is 5. The Morgan fingerprint density at radius 1 is 1.19 bits per heavy atom. The SMILES string of the molecule is NC(=NCc1ccc(Cn2cncn2)cc1)NC1CCOc2ccccc21. The third-order valence-electron chi connectivity index (χ3n) is 4.55. The van der Waals surface area contributed by atoms with Crippen LogP contribution in [-0.4, -0.2) is 27.3 Å². The maximum atomic E-state index is 6.11. The Kier molecular flexibility index (Phi) is 5.00. The fraction of sp³-hybridized carbons (Fsp3) is 0.250. The third kappa shape index (κ3) is 4.25. The highest BCUT2D eigenvalue weighted by Gasteiger charge is 2.21. The Labute approximate surface area is 157 Å². The zero-order valence-corrected chi connectivity index (χ0v) is 15.0. The Morgan fingerprint density at radius 3 is 2.81 bits per heavy atom. The van der Waals surface area contributed by atoms with E-state index in [9.17, 15) is 0 Å². The molecular weight excluding hydrogens is 340 g/mol. The second kappa shape index (κ2) is 7.90. The van der Waals surface area contributed by atoms with Crippen LogP contribution in [0.2, 0.25) is 0 Å². The van der Waals surface area contributed by atoms with Crippen LogP contribution >= 0.6 is 0 Å². The third-order valence-corrected chi connectivity index (χ3v) is 4.55. The van der Waals surface area contributed by atoms with Crippen LogP contribution < -0.4 is 15.8 Å². The molecule has 27 heavy (non-hydrogen) atoms.